The van der Waals surface area contributed by atoms with Crippen molar-refractivity contribution in [3.8, 4) is 0 Å². The molecule has 10 heteroatoms. The van der Waals surface area contributed by atoms with Gasteiger partial charge in [-0.1, -0.05) is 5.21 Å². The minimum atomic E-state index is -3.52. The Hall–Kier alpha value is -1.52. The summed E-state index contributed by atoms with van der Waals surface area (Å²) in [5.41, 5.74) is 0.333. The fourth-order valence-electron chi connectivity index (χ4n) is 0.877. The number of carboxylic acids is 1. The van der Waals surface area contributed by atoms with Crippen LogP contribution in [-0.2, 0) is 28.1 Å². The molecule has 0 radical (unpaired) electrons. The molecule has 0 fully saturated rings. The minimum absolute atomic E-state index is 0.0528. The molecule has 9 nitrogen and oxygen atoms in total. The fraction of sp³-hybridized carbons (Fsp3) is 0.500. The lowest BCUT2D eigenvalue weighted by Crippen LogP contribution is -2.33. The summed E-state index contributed by atoms with van der Waals surface area (Å²) in [6.07, 6.45) is 1.35. The van der Waals surface area contributed by atoms with Crippen LogP contribution in [0.4, 0.5) is 0 Å². The molecule has 0 unspecified atom stereocenters. The number of aliphatic carboxylic acids is 1. The van der Waals surface area contributed by atoms with Gasteiger partial charge in [-0.05, 0) is 0 Å². The Kier molecular flexibility index (Phi) is 3.93. The lowest BCUT2D eigenvalue weighted by molar-refractivity contribution is -0.137. The van der Waals surface area contributed by atoms with Gasteiger partial charge in [0.25, 0.3) is 10.2 Å². The average Bonchev–Trinajstić information content (AvgIpc) is 2.62. The highest BCUT2D eigenvalue weighted by Gasteiger charge is 2.08. The summed E-state index contributed by atoms with van der Waals surface area (Å²) in [6, 6.07) is 0. The first-order chi connectivity index (χ1) is 7.43. The van der Waals surface area contributed by atoms with Crippen LogP contribution in [0.1, 0.15) is 5.69 Å². The molecular formula is C6H11N5O4S. The van der Waals surface area contributed by atoms with Crippen LogP contribution in [0.5, 0.6) is 0 Å². The largest absolute Gasteiger partial charge is 0.480 e. The van der Waals surface area contributed by atoms with Gasteiger partial charge >= 0.3 is 5.97 Å². The van der Waals surface area contributed by atoms with Crippen LogP contribution < -0.4 is 9.44 Å². The first kappa shape index (κ1) is 12.5. The standard InChI is InChI=1S/C6H11N5O4S/c1-7-16(14,15)8-2-5-3-11(10-9-5)4-6(12)13/h3,7-8H,2,4H2,1H3,(H,12,13). The lowest BCUT2D eigenvalue weighted by Gasteiger charge is -2.01. The van der Waals surface area contributed by atoms with Crippen molar-refractivity contribution in [1.29, 1.82) is 0 Å². The van der Waals surface area contributed by atoms with Crippen LogP contribution in [-0.4, -0.2) is 41.5 Å². The van der Waals surface area contributed by atoms with E-state index in [1.165, 1.54) is 13.2 Å². The summed E-state index contributed by atoms with van der Waals surface area (Å²) in [4.78, 5) is 10.3. The van der Waals surface area contributed by atoms with Gasteiger partial charge in [-0.15, -0.1) is 5.10 Å². The second-order valence-corrected chi connectivity index (χ2v) is 4.53. The maximum Gasteiger partial charge on any atom is 0.325 e. The average molecular weight is 249 g/mol. The number of nitrogens with one attached hydrogen (secondary N) is 2. The SMILES string of the molecule is CNS(=O)(=O)NCc1cn(CC(=O)O)nn1. The van der Waals surface area contributed by atoms with Crippen molar-refractivity contribution in [1.82, 2.24) is 24.4 Å². The van der Waals surface area contributed by atoms with Crippen LogP contribution in [0, 0.1) is 0 Å². The molecule has 1 aromatic heterocycles. The van der Waals surface area contributed by atoms with Crippen LogP contribution in [0.15, 0.2) is 6.20 Å². The summed E-state index contributed by atoms with van der Waals surface area (Å²) >= 11 is 0. The number of rotatable bonds is 6. The Morgan fingerprint density at radius 3 is 2.88 bits per heavy atom. The zero-order valence-corrected chi connectivity index (χ0v) is 9.23. The highest BCUT2D eigenvalue weighted by atomic mass is 32.2. The highest BCUT2D eigenvalue weighted by Crippen LogP contribution is 1.93. The van der Waals surface area contributed by atoms with E-state index in [9.17, 15) is 13.2 Å². The molecule has 1 rings (SSSR count). The highest BCUT2D eigenvalue weighted by molar-refractivity contribution is 7.87. The van der Waals surface area contributed by atoms with Gasteiger partial charge in [0.15, 0.2) is 0 Å². The molecule has 0 saturated heterocycles. The Labute approximate surface area is 91.6 Å². The van der Waals surface area contributed by atoms with Crippen molar-refractivity contribution in [2.24, 2.45) is 0 Å². The van der Waals surface area contributed by atoms with E-state index >= 15 is 0 Å². The summed E-state index contributed by atoms with van der Waals surface area (Å²) in [6.45, 7) is -0.366. The molecule has 0 aliphatic heterocycles. The Morgan fingerprint density at radius 1 is 1.62 bits per heavy atom. The van der Waals surface area contributed by atoms with Crippen molar-refractivity contribution >= 4 is 16.2 Å². The van der Waals surface area contributed by atoms with Gasteiger partial charge in [0.05, 0.1) is 18.4 Å². The third kappa shape index (κ3) is 3.92. The van der Waals surface area contributed by atoms with E-state index in [1.54, 1.807) is 0 Å². The number of hydrogen-bond acceptors (Lipinski definition) is 5. The molecule has 90 valence electrons. The molecule has 0 amide bonds. The molecule has 1 heterocycles. The van der Waals surface area contributed by atoms with E-state index in [0.29, 0.717) is 5.69 Å². The normalized spacial score (nSPS) is 11.6. The monoisotopic (exact) mass is 249 g/mol. The molecule has 0 aliphatic rings. The van der Waals surface area contributed by atoms with Gasteiger partial charge in [0, 0.05) is 7.05 Å². The lowest BCUT2D eigenvalue weighted by atomic mass is 10.5. The fourth-order valence-corrected chi connectivity index (χ4v) is 1.36. The van der Waals surface area contributed by atoms with Crippen molar-refractivity contribution in [3.63, 3.8) is 0 Å². The molecule has 0 spiro atoms. The van der Waals surface area contributed by atoms with Gasteiger partial charge in [-0.3, -0.25) is 4.79 Å². The second-order valence-electron chi connectivity index (χ2n) is 2.83. The van der Waals surface area contributed by atoms with Gasteiger partial charge in [-0.2, -0.15) is 13.1 Å². The van der Waals surface area contributed by atoms with Gasteiger partial charge in [0.1, 0.15) is 6.54 Å². The van der Waals surface area contributed by atoms with Crippen molar-refractivity contribution in [2.45, 2.75) is 13.1 Å². The predicted octanol–water partition coefficient (Wildman–Crippen LogP) is -2.08. The van der Waals surface area contributed by atoms with E-state index in [2.05, 4.69) is 19.8 Å². The molecule has 0 saturated carbocycles. The van der Waals surface area contributed by atoms with E-state index in [1.807, 2.05) is 0 Å². The number of carbonyl (C=O) groups is 1. The summed E-state index contributed by atoms with van der Waals surface area (Å²) < 4.78 is 27.3. The smallest absolute Gasteiger partial charge is 0.325 e. The molecule has 0 aliphatic carbocycles. The number of carboxylic acid groups (broad SMARTS) is 1. The topological polar surface area (TPSA) is 126 Å². The molecule has 16 heavy (non-hydrogen) atoms. The molecule has 0 atom stereocenters. The number of nitrogens with zero attached hydrogens (tertiary/aromatic N) is 3. The summed E-state index contributed by atoms with van der Waals surface area (Å²) in [5.74, 6) is -1.05. The third-order valence-corrected chi connectivity index (χ3v) is 2.66. The summed E-state index contributed by atoms with van der Waals surface area (Å²) in [5, 5.41) is 15.6. The first-order valence-corrected chi connectivity index (χ1v) is 5.70. The Balaban J connectivity index is 2.56. The predicted molar refractivity (Wildman–Crippen MR) is 52.5 cm³/mol. The maximum atomic E-state index is 11.0. The van der Waals surface area contributed by atoms with E-state index in [4.69, 9.17) is 5.11 Å². The van der Waals surface area contributed by atoms with Crippen LogP contribution >= 0.6 is 0 Å². The van der Waals surface area contributed by atoms with Crippen LogP contribution in [0.3, 0.4) is 0 Å². The zero-order chi connectivity index (χ0) is 12.2. The second kappa shape index (κ2) is 5.01. The Bertz CT molecular complexity index is 467. The van der Waals surface area contributed by atoms with Crippen LogP contribution in [0.2, 0.25) is 0 Å². The van der Waals surface area contributed by atoms with Crippen molar-refractivity contribution in [3.05, 3.63) is 11.9 Å². The van der Waals surface area contributed by atoms with Crippen LogP contribution in [0.25, 0.3) is 0 Å². The molecule has 0 aromatic carbocycles. The molecule has 1 aromatic rings. The van der Waals surface area contributed by atoms with Crippen molar-refractivity contribution < 1.29 is 18.3 Å². The van der Waals surface area contributed by atoms with Gasteiger partial charge in [0.2, 0.25) is 0 Å². The first-order valence-electron chi connectivity index (χ1n) is 4.22. The molecule has 3 N–H and O–H groups in total. The molecule has 0 bridgehead atoms. The van der Waals surface area contributed by atoms with E-state index in [-0.39, 0.29) is 13.1 Å². The van der Waals surface area contributed by atoms with E-state index in [0.717, 1.165) is 4.68 Å². The van der Waals surface area contributed by atoms with Gasteiger partial charge < -0.3 is 5.11 Å². The quantitative estimate of drug-likeness (QED) is 0.531. The summed E-state index contributed by atoms with van der Waals surface area (Å²) in [7, 11) is -2.26. The van der Waals surface area contributed by atoms with Gasteiger partial charge in [-0.25, -0.2) is 9.40 Å². The number of hydrogen-bond donors (Lipinski definition) is 3. The molecular weight excluding hydrogens is 238 g/mol. The number of aromatic nitrogens is 3. The Morgan fingerprint density at radius 2 is 2.31 bits per heavy atom. The van der Waals surface area contributed by atoms with E-state index < -0.39 is 16.2 Å². The van der Waals surface area contributed by atoms with Crippen molar-refractivity contribution in [2.75, 3.05) is 7.05 Å². The zero-order valence-electron chi connectivity index (χ0n) is 8.41. The maximum absolute atomic E-state index is 11.0. The minimum Gasteiger partial charge on any atom is -0.480 e. The third-order valence-electron chi connectivity index (χ3n) is 1.60.